The van der Waals surface area contributed by atoms with Crippen molar-refractivity contribution in [2.24, 2.45) is 0 Å². The third-order valence-corrected chi connectivity index (χ3v) is 7.65. The van der Waals surface area contributed by atoms with Gasteiger partial charge in [-0.2, -0.15) is 0 Å². The van der Waals surface area contributed by atoms with E-state index < -0.39 is 28.5 Å². The Morgan fingerprint density at radius 1 is 1.00 bits per heavy atom. The third kappa shape index (κ3) is 6.35. The van der Waals surface area contributed by atoms with Crippen molar-refractivity contribution in [2.45, 2.75) is 24.4 Å². The fraction of sp³-hybridized carbons (Fsp3) is 0.231. The van der Waals surface area contributed by atoms with Crippen LogP contribution in [0, 0.1) is 0 Å². The number of para-hydroxylation sites is 1. The van der Waals surface area contributed by atoms with Crippen molar-refractivity contribution in [2.75, 3.05) is 25.0 Å². The number of hydrogen-bond acceptors (Lipinski definition) is 5. The lowest BCUT2D eigenvalue weighted by Crippen LogP contribution is -2.50. The van der Waals surface area contributed by atoms with Crippen molar-refractivity contribution in [1.29, 1.82) is 0 Å². The Kier molecular flexibility index (Phi) is 8.95. The minimum absolute atomic E-state index is 0.000643. The smallest absolute Gasteiger partial charge is 0.264 e. The molecular weight excluding hydrogens is 502 g/mol. The number of likely N-dealkylation sites (N-methyl/N-ethyl adjacent to an activating group) is 1. The zero-order valence-electron chi connectivity index (χ0n) is 20.2. The van der Waals surface area contributed by atoms with Gasteiger partial charge in [0.2, 0.25) is 11.8 Å². The number of carbonyl (C=O) groups excluding carboxylic acids is 2. The van der Waals surface area contributed by atoms with E-state index in [2.05, 4.69) is 5.32 Å². The summed E-state index contributed by atoms with van der Waals surface area (Å²) in [6.45, 7) is 1.14. The second kappa shape index (κ2) is 11.9. The molecule has 0 aliphatic rings. The number of rotatable bonds is 10. The van der Waals surface area contributed by atoms with Crippen molar-refractivity contribution < 1.29 is 22.7 Å². The monoisotopic (exact) mass is 529 g/mol. The van der Waals surface area contributed by atoms with Crippen LogP contribution < -0.4 is 14.4 Å². The quantitative estimate of drug-likeness (QED) is 0.432. The van der Waals surface area contributed by atoms with Crippen molar-refractivity contribution in [1.82, 2.24) is 10.2 Å². The predicted octanol–water partition coefficient (Wildman–Crippen LogP) is 3.71. The van der Waals surface area contributed by atoms with Crippen LogP contribution in [0.5, 0.6) is 5.75 Å². The molecule has 0 saturated carbocycles. The third-order valence-electron chi connectivity index (χ3n) is 5.63. The summed E-state index contributed by atoms with van der Waals surface area (Å²) in [4.78, 5) is 27.5. The Balaban J connectivity index is 2.00. The second-order valence-corrected chi connectivity index (χ2v) is 10.3. The second-order valence-electron chi connectivity index (χ2n) is 7.96. The molecule has 0 aromatic heterocycles. The van der Waals surface area contributed by atoms with Crippen LogP contribution in [0.3, 0.4) is 0 Å². The zero-order chi connectivity index (χ0) is 26.3. The summed E-state index contributed by atoms with van der Waals surface area (Å²) in [5.41, 5.74) is 1.02. The van der Waals surface area contributed by atoms with Gasteiger partial charge in [0.15, 0.2) is 0 Å². The van der Waals surface area contributed by atoms with Gasteiger partial charge in [-0.25, -0.2) is 8.42 Å². The lowest BCUT2D eigenvalue weighted by molar-refractivity contribution is -0.139. The number of sulfonamides is 1. The maximum atomic E-state index is 13.7. The van der Waals surface area contributed by atoms with Crippen LogP contribution in [0.4, 0.5) is 5.69 Å². The highest BCUT2D eigenvalue weighted by Crippen LogP contribution is 2.26. The zero-order valence-corrected chi connectivity index (χ0v) is 21.8. The largest absolute Gasteiger partial charge is 0.497 e. The number of nitrogens with zero attached hydrogens (tertiary/aromatic N) is 2. The number of halogens is 1. The lowest BCUT2D eigenvalue weighted by Gasteiger charge is -2.31. The summed E-state index contributed by atoms with van der Waals surface area (Å²) >= 11 is 6.11. The molecule has 0 bridgehead atoms. The molecule has 0 aliphatic carbocycles. The molecule has 3 aromatic carbocycles. The van der Waals surface area contributed by atoms with Gasteiger partial charge in [-0.3, -0.25) is 13.9 Å². The molecule has 0 saturated heterocycles. The van der Waals surface area contributed by atoms with E-state index in [0.717, 1.165) is 4.31 Å². The van der Waals surface area contributed by atoms with Gasteiger partial charge in [0.05, 0.1) is 17.7 Å². The molecule has 2 amide bonds. The van der Waals surface area contributed by atoms with Gasteiger partial charge >= 0.3 is 0 Å². The van der Waals surface area contributed by atoms with E-state index >= 15 is 0 Å². The van der Waals surface area contributed by atoms with E-state index in [1.54, 1.807) is 61.5 Å². The van der Waals surface area contributed by atoms with Crippen LogP contribution in [0.25, 0.3) is 0 Å². The van der Waals surface area contributed by atoms with Crippen molar-refractivity contribution >= 4 is 39.1 Å². The van der Waals surface area contributed by atoms with E-state index in [4.69, 9.17) is 16.3 Å². The molecule has 190 valence electrons. The number of ether oxygens (including phenoxy) is 1. The maximum Gasteiger partial charge on any atom is 0.264 e. The van der Waals surface area contributed by atoms with Crippen molar-refractivity contribution in [3.05, 3.63) is 89.4 Å². The summed E-state index contributed by atoms with van der Waals surface area (Å²) in [5.74, 6) is -0.426. The molecule has 1 unspecified atom stereocenters. The SMILES string of the molecule is CNC(=O)C(C)N(Cc1cccc(Cl)c1)C(=O)CN(c1ccccc1)S(=O)(=O)c1ccc(OC)cc1. The van der Waals surface area contributed by atoms with E-state index in [9.17, 15) is 18.0 Å². The first-order valence-electron chi connectivity index (χ1n) is 11.1. The standard InChI is InChI=1S/C26H28ClN3O5S/c1-19(26(32)28-2)29(17-20-8-7-9-21(27)16-20)25(31)18-30(22-10-5-4-6-11-22)36(33,34)24-14-12-23(35-3)13-15-24/h4-16,19H,17-18H2,1-3H3,(H,28,32). The first-order chi connectivity index (χ1) is 17.2. The van der Waals surface area contributed by atoms with Gasteiger partial charge in [0.1, 0.15) is 18.3 Å². The number of amides is 2. The topological polar surface area (TPSA) is 96.0 Å². The molecule has 1 N–H and O–H groups in total. The average molecular weight is 530 g/mol. The molecule has 0 spiro atoms. The summed E-state index contributed by atoms with van der Waals surface area (Å²) in [5, 5.41) is 3.03. The highest BCUT2D eigenvalue weighted by Gasteiger charge is 2.32. The maximum absolute atomic E-state index is 13.7. The van der Waals surface area contributed by atoms with Crippen LogP contribution in [-0.2, 0) is 26.2 Å². The van der Waals surface area contributed by atoms with E-state index in [-0.39, 0.29) is 17.3 Å². The lowest BCUT2D eigenvalue weighted by atomic mass is 10.1. The predicted molar refractivity (Wildman–Crippen MR) is 139 cm³/mol. The van der Waals surface area contributed by atoms with E-state index in [0.29, 0.717) is 22.0 Å². The Morgan fingerprint density at radius 2 is 1.67 bits per heavy atom. The van der Waals surface area contributed by atoms with Crippen LogP contribution in [-0.4, -0.2) is 51.9 Å². The molecule has 1 atom stereocenters. The molecular formula is C26H28ClN3O5S. The Bertz CT molecular complexity index is 1300. The normalized spacial score (nSPS) is 11.9. The molecule has 3 aromatic rings. The number of hydrogen-bond donors (Lipinski definition) is 1. The fourth-order valence-corrected chi connectivity index (χ4v) is 5.25. The van der Waals surface area contributed by atoms with Gasteiger partial charge < -0.3 is 15.0 Å². The number of benzene rings is 3. The molecule has 0 heterocycles. The summed E-state index contributed by atoms with van der Waals surface area (Å²) < 4.78 is 33.5. The molecule has 3 rings (SSSR count). The summed E-state index contributed by atoms with van der Waals surface area (Å²) in [6.07, 6.45) is 0. The Morgan fingerprint density at radius 3 is 2.25 bits per heavy atom. The first-order valence-corrected chi connectivity index (χ1v) is 13.0. The fourth-order valence-electron chi connectivity index (χ4n) is 3.62. The molecule has 0 fully saturated rings. The van der Waals surface area contributed by atoms with Crippen LogP contribution in [0.1, 0.15) is 12.5 Å². The van der Waals surface area contributed by atoms with Gasteiger partial charge in [-0.05, 0) is 61.0 Å². The molecule has 0 radical (unpaired) electrons. The first kappa shape index (κ1) is 27.0. The van der Waals surface area contributed by atoms with Gasteiger partial charge in [0.25, 0.3) is 10.0 Å². The number of carbonyl (C=O) groups is 2. The number of anilines is 1. The number of nitrogens with one attached hydrogen (secondary N) is 1. The van der Waals surface area contributed by atoms with E-state index in [1.165, 1.54) is 43.3 Å². The van der Waals surface area contributed by atoms with Crippen LogP contribution in [0.15, 0.2) is 83.8 Å². The minimum Gasteiger partial charge on any atom is -0.497 e. The van der Waals surface area contributed by atoms with Crippen molar-refractivity contribution in [3.63, 3.8) is 0 Å². The Hall–Kier alpha value is -3.56. The van der Waals surface area contributed by atoms with Crippen LogP contribution >= 0.6 is 11.6 Å². The Labute approximate surface area is 216 Å². The molecule has 0 aliphatic heterocycles. The average Bonchev–Trinajstić information content (AvgIpc) is 2.89. The molecule has 10 heteroatoms. The highest BCUT2D eigenvalue weighted by atomic mass is 35.5. The van der Waals surface area contributed by atoms with E-state index in [1.807, 2.05) is 0 Å². The number of methoxy groups -OCH3 is 1. The summed E-state index contributed by atoms with van der Waals surface area (Å²) in [7, 11) is -1.17. The summed E-state index contributed by atoms with van der Waals surface area (Å²) in [6, 6.07) is 20.3. The van der Waals surface area contributed by atoms with Gasteiger partial charge in [-0.15, -0.1) is 0 Å². The minimum atomic E-state index is -4.13. The van der Waals surface area contributed by atoms with Gasteiger partial charge in [0, 0.05) is 18.6 Å². The highest BCUT2D eigenvalue weighted by molar-refractivity contribution is 7.92. The molecule has 8 nitrogen and oxygen atoms in total. The van der Waals surface area contributed by atoms with Crippen molar-refractivity contribution in [3.8, 4) is 5.75 Å². The molecule has 36 heavy (non-hydrogen) atoms. The van der Waals surface area contributed by atoms with Gasteiger partial charge in [-0.1, -0.05) is 41.9 Å². The van der Waals surface area contributed by atoms with Crippen LogP contribution in [0.2, 0.25) is 5.02 Å².